The van der Waals surface area contributed by atoms with Gasteiger partial charge in [0.25, 0.3) is 0 Å². The van der Waals surface area contributed by atoms with Gasteiger partial charge in [0.05, 0.1) is 13.7 Å². The van der Waals surface area contributed by atoms with Crippen LogP contribution in [0.4, 0.5) is 0 Å². The molecule has 2 aromatic rings. The Morgan fingerprint density at radius 1 is 1.18 bits per heavy atom. The van der Waals surface area contributed by atoms with Crippen molar-refractivity contribution in [3.05, 3.63) is 71.3 Å². The number of carbonyl (C=O) groups excluding carboxylic acids is 1. The minimum atomic E-state index is -0.214. The zero-order valence-electron chi connectivity index (χ0n) is 20.5. The fourth-order valence-corrected chi connectivity index (χ4v) is 3.67. The van der Waals surface area contributed by atoms with E-state index in [1.54, 1.807) is 50.6 Å². The first-order chi connectivity index (χ1) is 16.4. The summed E-state index contributed by atoms with van der Waals surface area (Å²) in [5.74, 6) is 1.90. The SMILES string of the molecule is C=C(C)[C@@H](C)c1cc(/C=C/C(=O)c2ccc(OC3CCCCO3)cc2)c(OC)cc1OCOC. The maximum atomic E-state index is 12.8. The van der Waals surface area contributed by atoms with Crippen molar-refractivity contribution in [1.82, 2.24) is 0 Å². The van der Waals surface area contributed by atoms with Gasteiger partial charge in [0.1, 0.15) is 17.2 Å². The van der Waals surface area contributed by atoms with Crippen molar-refractivity contribution in [2.45, 2.75) is 45.3 Å². The van der Waals surface area contributed by atoms with E-state index in [0.717, 1.165) is 42.6 Å². The largest absolute Gasteiger partial charge is 0.496 e. The molecule has 0 N–H and O–H groups in total. The zero-order chi connectivity index (χ0) is 24.5. The lowest BCUT2D eigenvalue weighted by Gasteiger charge is -2.23. The standard InChI is InChI=1S/C28H34O6/c1-19(2)20(3)24-16-22(26(31-5)17-27(24)33-18-30-4)11-14-25(29)21-9-12-23(13-10-21)34-28-8-6-7-15-32-28/h9-14,16-17,20,28H,1,6-8,15,18H2,2-5H3/b14-11+/t20-,28?/m1/s1. The molecule has 2 aromatic carbocycles. The Balaban J connectivity index is 1.78. The number of hydrogen-bond acceptors (Lipinski definition) is 6. The van der Waals surface area contributed by atoms with E-state index in [1.165, 1.54) is 0 Å². The van der Waals surface area contributed by atoms with Crippen molar-refractivity contribution in [3.63, 3.8) is 0 Å². The van der Waals surface area contributed by atoms with Gasteiger partial charge in [0, 0.05) is 42.2 Å². The molecule has 1 aliphatic heterocycles. The maximum absolute atomic E-state index is 12.8. The lowest BCUT2D eigenvalue weighted by Crippen LogP contribution is -2.24. The van der Waals surface area contributed by atoms with Gasteiger partial charge in [-0.25, -0.2) is 0 Å². The Morgan fingerprint density at radius 3 is 2.56 bits per heavy atom. The molecule has 3 rings (SSSR count). The third-order valence-corrected chi connectivity index (χ3v) is 5.86. The van der Waals surface area contributed by atoms with Gasteiger partial charge in [-0.3, -0.25) is 4.79 Å². The molecule has 0 radical (unpaired) electrons. The average Bonchev–Trinajstić information content (AvgIpc) is 2.86. The van der Waals surface area contributed by atoms with Crippen molar-refractivity contribution in [3.8, 4) is 17.2 Å². The van der Waals surface area contributed by atoms with Gasteiger partial charge in [-0.15, -0.1) is 0 Å². The van der Waals surface area contributed by atoms with E-state index in [9.17, 15) is 4.79 Å². The Labute approximate surface area is 202 Å². The molecule has 1 saturated heterocycles. The van der Waals surface area contributed by atoms with Gasteiger partial charge in [-0.1, -0.05) is 19.1 Å². The molecule has 34 heavy (non-hydrogen) atoms. The zero-order valence-corrected chi connectivity index (χ0v) is 20.5. The van der Waals surface area contributed by atoms with Gasteiger partial charge >= 0.3 is 0 Å². The molecule has 2 atom stereocenters. The predicted molar refractivity (Wildman–Crippen MR) is 133 cm³/mol. The molecule has 1 fully saturated rings. The smallest absolute Gasteiger partial charge is 0.199 e. The minimum Gasteiger partial charge on any atom is -0.496 e. The monoisotopic (exact) mass is 466 g/mol. The van der Waals surface area contributed by atoms with Crippen LogP contribution in [-0.2, 0) is 9.47 Å². The molecule has 0 amide bonds. The van der Waals surface area contributed by atoms with Gasteiger partial charge in [-0.05, 0) is 62.2 Å². The molecule has 6 nitrogen and oxygen atoms in total. The second-order valence-corrected chi connectivity index (χ2v) is 8.39. The Bertz CT molecular complexity index is 1000. The highest BCUT2D eigenvalue weighted by Crippen LogP contribution is 2.37. The Hall–Kier alpha value is -3.09. The summed E-state index contributed by atoms with van der Waals surface area (Å²) in [7, 11) is 3.16. The molecule has 1 heterocycles. The molecular weight excluding hydrogens is 432 g/mol. The maximum Gasteiger partial charge on any atom is 0.199 e. The molecule has 0 saturated carbocycles. The first-order valence-corrected chi connectivity index (χ1v) is 11.5. The van der Waals surface area contributed by atoms with E-state index in [-0.39, 0.29) is 24.8 Å². The summed E-state index contributed by atoms with van der Waals surface area (Å²) in [6.45, 7) is 8.96. The number of carbonyl (C=O) groups is 1. The van der Waals surface area contributed by atoms with Crippen LogP contribution in [0, 0.1) is 0 Å². The number of methoxy groups -OCH3 is 2. The van der Waals surface area contributed by atoms with Crippen molar-refractivity contribution >= 4 is 11.9 Å². The second kappa shape index (κ2) is 12.4. The van der Waals surface area contributed by atoms with Crippen molar-refractivity contribution < 1.29 is 28.5 Å². The van der Waals surface area contributed by atoms with Crippen molar-refractivity contribution in [2.75, 3.05) is 27.6 Å². The summed E-state index contributed by atoms with van der Waals surface area (Å²) in [5, 5.41) is 0. The van der Waals surface area contributed by atoms with Gasteiger partial charge < -0.3 is 23.7 Å². The Kier molecular flexibility index (Phi) is 9.31. The number of allylic oxidation sites excluding steroid dienone is 2. The van der Waals surface area contributed by atoms with E-state index < -0.39 is 0 Å². The summed E-state index contributed by atoms with van der Waals surface area (Å²) in [6, 6.07) is 10.9. The fraction of sp³-hybridized carbons (Fsp3) is 0.393. The van der Waals surface area contributed by atoms with E-state index in [0.29, 0.717) is 22.8 Å². The van der Waals surface area contributed by atoms with Crippen molar-refractivity contribution in [1.29, 1.82) is 0 Å². The highest BCUT2D eigenvalue weighted by molar-refractivity contribution is 6.07. The first kappa shape index (κ1) is 25.5. The lowest BCUT2D eigenvalue weighted by atomic mass is 9.92. The number of benzene rings is 2. The second-order valence-electron chi connectivity index (χ2n) is 8.39. The van der Waals surface area contributed by atoms with Gasteiger partial charge in [0.2, 0.25) is 0 Å². The quantitative estimate of drug-likeness (QED) is 0.171. The van der Waals surface area contributed by atoms with Crippen LogP contribution in [-0.4, -0.2) is 39.7 Å². The van der Waals surface area contributed by atoms with E-state index >= 15 is 0 Å². The molecule has 1 aliphatic rings. The van der Waals surface area contributed by atoms with E-state index in [2.05, 4.69) is 13.5 Å². The average molecular weight is 467 g/mol. The molecule has 0 bridgehead atoms. The van der Waals surface area contributed by atoms with Crippen LogP contribution in [0.5, 0.6) is 17.2 Å². The first-order valence-electron chi connectivity index (χ1n) is 11.5. The molecular formula is C28H34O6. The number of rotatable bonds is 11. The molecule has 0 aliphatic carbocycles. The summed E-state index contributed by atoms with van der Waals surface area (Å²) in [4.78, 5) is 12.8. The van der Waals surface area contributed by atoms with Crippen LogP contribution in [0.25, 0.3) is 6.08 Å². The third-order valence-electron chi connectivity index (χ3n) is 5.86. The summed E-state index contributed by atoms with van der Waals surface area (Å²) in [6.07, 6.45) is 6.14. The topological polar surface area (TPSA) is 63.2 Å². The highest BCUT2D eigenvalue weighted by Gasteiger charge is 2.17. The lowest BCUT2D eigenvalue weighted by molar-refractivity contribution is -0.105. The molecule has 0 aromatic heterocycles. The van der Waals surface area contributed by atoms with E-state index in [4.69, 9.17) is 23.7 Å². The summed E-state index contributed by atoms with van der Waals surface area (Å²) >= 11 is 0. The fourth-order valence-electron chi connectivity index (χ4n) is 3.67. The normalized spacial score (nSPS) is 16.8. The molecule has 182 valence electrons. The van der Waals surface area contributed by atoms with Crippen LogP contribution in [0.2, 0.25) is 0 Å². The van der Waals surface area contributed by atoms with Crippen LogP contribution < -0.4 is 14.2 Å². The highest BCUT2D eigenvalue weighted by atomic mass is 16.7. The molecule has 6 heteroatoms. The van der Waals surface area contributed by atoms with Crippen LogP contribution >= 0.6 is 0 Å². The predicted octanol–water partition coefficient (Wildman–Crippen LogP) is 6.16. The number of hydrogen-bond donors (Lipinski definition) is 0. The van der Waals surface area contributed by atoms with Crippen molar-refractivity contribution in [2.24, 2.45) is 0 Å². The molecule has 1 unspecified atom stereocenters. The van der Waals surface area contributed by atoms with E-state index in [1.807, 2.05) is 19.1 Å². The van der Waals surface area contributed by atoms with Gasteiger partial charge in [-0.2, -0.15) is 0 Å². The number of ketones is 1. The van der Waals surface area contributed by atoms with Crippen LogP contribution in [0.1, 0.15) is 60.5 Å². The summed E-state index contributed by atoms with van der Waals surface area (Å²) in [5.41, 5.74) is 3.30. The summed E-state index contributed by atoms with van der Waals surface area (Å²) < 4.78 is 27.8. The number of ether oxygens (including phenoxy) is 5. The molecule has 0 spiro atoms. The third kappa shape index (κ3) is 6.72. The Morgan fingerprint density at radius 2 is 1.94 bits per heavy atom. The van der Waals surface area contributed by atoms with Gasteiger partial charge in [0.15, 0.2) is 18.9 Å². The van der Waals surface area contributed by atoms with Crippen LogP contribution in [0.15, 0.2) is 54.6 Å². The van der Waals surface area contributed by atoms with Crippen LogP contribution in [0.3, 0.4) is 0 Å². The minimum absolute atomic E-state index is 0.0568.